The van der Waals surface area contributed by atoms with Gasteiger partial charge in [0.2, 0.25) is 0 Å². The summed E-state index contributed by atoms with van der Waals surface area (Å²) in [5.74, 6) is -2.02. The van der Waals surface area contributed by atoms with Gasteiger partial charge in [0, 0.05) is 6.07 Å². The Morgan fingerprint density at radius 1 is 1.37 bits per heavy atom. The maximum Gasteiger partial charge on any atom is 0.347 e. The van der Waals surface area contributed by atoms with Crippen LogP contribution in [0.15, 0.2) is 18.2 Å². The van der Waals surface area contributed by atoms with Gasteiger partial charge < -0.3 is 15.2 Å². The smallest absolute Gasteiger partial charge is 0.347 e. The molecule has 0 saturated carbocycles. The van der Waals surface area contributed by atoms with Crippen LogP contribution in [0.3, 0.4) is 0 Å². The average molecular weight is 269 g/mol. The van der Waals surface area contributed by atoms with Crippen molar-refractivity contribution in [2.75, 3.05) is 6.61 Å². The molecule has 0 heterocycles. The number of esters is 1. The average Bonchev–Trinajstić information content (AvgIpc) is 2.35. The van der Waals surface area contributed by atoms with E-state index in [1.165, 1.54) is 12.1 Å². The van der Waals surface area contributed by atoms with Gasteiger partial charge in [0.1, 0.15) is 11.6 Å². The van der Waals surface area contributed by atoms with Crippen molar-refractivity contribution in [1.82, 2.24) is 0 Å². The molecule has 0 aliphatic carbocycles. The molecule has 1 atom stereocenters. The number of hydrogen-bond donors (Lipinski definition) is 1. The number of ether oxygens (including phenoxy) is 2. The van der Waals surface area contributed by atoms with Gasteiger partial charge in [-0.25, -0.2) is 9.18 Å². The van der Waals surface area contributed by atoms with Crippen molar-refractivity contribution >= 4 is 11.9 Å². The highest BCUT2D eigenvalue weighted by molar-refractivity contribution is 5.93. The SMILES string of the molecule is CCOC(=O)C(CC)Oc1ccc(C(N)=O)c(F)c1. The predicted molar refractivity (Wildman–Crippen MR) is 66.3 cm³/mol. The number of benzene rings is 1. The summed E-state index contributed by atoms with van der Waals surface area (Å²) < 4.78 is 23.7. The zero-order valence-electron chi connectivity index (χ0n) is 10.8. The molecule has 0 saturated heterocycles. The first kappa shape index (κ1) is 14.9. The number of carbonyl (C=O) groups is 2. The van der Waals surface area contributed by atoms with E-state index in [4.69, 9.17) is 15.2 Å². The van der Waals surface area contributed by atoms with Crippen molar-refractivity contribution in [3.8, 4) is 5.75 Å². The molecule has 0 aliphatic rings. The number of carbonyl (C=O) groups excluding carboxylic acids is 2. The number of nitrogens with two attached hydrogens (primary N) is 1. The van der Waals surface area contributed by atoms with E-state index < -0.39 is 23.8 Å². The number of hydrogen-bond acceptors (Lipinski definition) is 4. The van der Waals surface area contributed by atoms with E-state index in [1.54, 1.807) is 13.8 Å². The van der Waals surface area contributed by atoms with Gasteiger partial charge in [0.05, 0.1) is 12.2 Å². The molecule has 1 aromatic carbocycles. The largest absolute Gasteiger partial charge is 0.479 e. The summed E-state index contributed by atoms with van der Waals surface area (Å²) in [5.41, 5.74) is 4.76. The van der Waals surface area contributed by atoms with Crippen molar-refractivity contribution < 1.29 is 23.5 Å². The minimum Gasteiger partial charge on any atom is -0.479 e. The molecule has 1 amide bonds. The topological polar surface area (TPSA) is 78.6 Å². The third-order valence-corrected chi connectivity index (χ3v) is 2.40. The number of primary amides is 1. The van der Waals surface area contributed by atoms with Crippen molar-refractivity contribution in [1.29, 1.82) is 0 Å². The molecule has 0 spiro atoms. The van der Waals surface area contributed by atoms with Crippen molar-refractivity contribution in [2.24, 2.45) is 5.73 Å². The molecule has 0 fully saturated rings. The monoisotopic (exact) mass is 269 g/mol. The molecule has 5 nitrogen and oxygen atoms in total. The second kappa shape index (κ2) is 6.72. The van der Waals surface area contributed by atoms with Gasteiger partial charge in [-0.2, -0.15) is 0 Å². The van der Waals surface area contributed by atoms with Crippen LogP contribution in [0, 0.1) is 5.82 Å². The summed E-state index contributed by atoms with van der Waals surface area (Å²) >= 11 is 0. The Bertz CT molecular complexity index is 476. The second-order valence-electron chi connectivity index (χ2n) is 3.77. The Kier molecular flexibility index (Phi) is 5.29. The third-order valence-electron chi connectivity index (χ3n) is 2.40. The first-order valence-corrected chi connectivity index (χ1v) is 5.92. The van der Waals surface area contributed by atoms with Gasteiger partial charge >= 0.3 is 5.97 Å². The summed E-state index contributed by atoms with van der Waals surface area (Å²) in [6.07, 6.45) is -0.420. The number of rotatable bonds is 6. The normalized spacial score (nSPS) is 11.7. The van der Waals surface area contributed by atoms with E-state index in [0.717, 1.165) is 6.07 Å². The fraction of sp³-hybridized carbons (Fsp3) is 0.385. The fourth-order valence-electron chi connectivity index (χ4n) is 1.47. The minimum absolute atomic E-state index is 0.141. The first-order valence-electron chi connectivity index (χ1n) is 5.92. The van der Waals surface area contributed by atoms with Crippen molar-refractivity contribution in [3.63, 3.8) is 0 Å². The Balaban J connectivity index is 2.84. The summed E-state index contributed by atoms with van der Waals surface area (Å²) in [5, 5.41) is 0. The highest BCUT2D eigenvalue weighted by atomic mass is 19.1. The van der Waals surface area contributed by atoms with Gasteiger partial charge in [-0.3, -0.25) is 4.79 Å². The highest BCUT2D eigenvalue weighted by Gasteiger charge is 2.20. The van der Waals surface area contributed by atoms with Gasteiger partial charge in [0.25, 0.3) is 5.91 Å². The lowest BCUT2D eigenvalue weighted by Crippen LogP contribution is -2.28. The molecule has 19 heavy (non-hydrogen) atoms. The quantitative estimate of drug-likeness (QED) is 0.796. The van der Waals surface area contributed by atoms with E-state index in [9.17, 15) is 14.0 Å². The van der Waals surface area contributed by atoms with Crippen LogP contribution in [0.25, 0.3) is 0 Å². The van der Waals surface area contributed by atoms with Crippen molar-refractivity contribution in [3.05, 3.63) is 29.6 Å². The van der Waals surface area contributed by atoms with E-state index in [0.29, 0.717) is 6.42 Å². The number of halogens is 1. The summed E-state index contributed by atoms with van der Waals surface area (Å²) in [7, 11) is 0. The molecule has 1 rings (SSSR count). The zero-order chi connectivity index (χ0) is 14.4. The Hall–Kier alpha value is -2.11. The summed E-state index contributed by atoms with van der Waals surface area (Å²) in [6.45, 7) is 3.68. The molecule has 0 aliphatic heterocycles. The van der Waals surface area contributed by atoms with Crippen LogP contribution >= 0.6 is 0 Å². The second-order valence-corrected chi connectivity index (χ2v) is 3.77. The lowest BCUT2D eigenvalue weighted by molar-refractivity contribution is -0.151. The van der Waals surface area contributed by atoms with E-state index >= 15 is 0 Å². The Morgan fingerprint density at radius 2 is 2.05 bits per heavy atom. The standard InChI is InChI=1S/C13H16FNO4/c1-3-11(13(17)18-4-2)19-8-5-6-9(12(15)16)10(14)7-8/h5-7,11H,3-4H2,1-2H3,(H2,15,16). The molecule has 0 bridgehead atoms. The lowest BCUT2D eigenvalue weighted by Gasteiger charge is -2.16. The molecule has 1 unspecified atom stereocenters. The van der Waals surface area contributed by atoms with Crippen LogP contribution in [-0.4, -0.2) is 24.6 Å². The van der Waals surface area contributed by atoms with E-state index in [2.05, 4.69) is 0 Å². The highest BCUT2D eigenvalue weighted by Crippen LogP contribution is 2.18. The van der Waals surface area contributed by atoms with Crippen LogP contribution in [0.5, 0.6) is 5.75 Å². The summed E-state index contributed by atoms with van der Waals surface area (Å²) in [4.78, 5) is 22.4. The van der Waals surface area contributed by atoms with E-state index in [-0.39, 0.29) is 17.9 Å². The molecule has 6 heteroatoms. The fourth-order valence-corrected chi connectivity index (χ4v) is 1.47. The Labute approximate surface area is 110 Å². The molecule has 104 valence electrons. The third kappa shape index (κ3) is 3.94. The molecular formula is C13H16FNO4. The molecule has 0 aromatic heterocycles. The zero-order valence-corrected chi connectivity index (χ0v) is 10.8. The first-order chi connectivity index (χ1) is 8.99. The van der Waals surface area contributed by atoms with Gasteiger partial charge in [-0.05, 0) is 25.5 Å². The van der Waals surface area contributed by atoms with Crippen LogP contribution < -0.4 is 10.5 Å². The van der Waals surface area contributed by atoms with Crippen LogP contribution in [0.2, 0.25) is 0 Å². The minimum atomic E-state index is -0.860. The predicted octanol–water partition coefficient (Wildman–Crippen LogP) is 1.65. The van der Waals surface area contributed by atoms with Crippen LogP contribution in [0.4, 0.5) is 4.39 Å². The molecule has 1 aromatic rings. The van der Waals surface area contributed by atoms with Crippen LogP contribution in [-0.2, 0) is 9.53 Å². The summed E-state index contributed by atoms with van der Waals surface area (Å²) in [6, 6.07) is 3.61. The molecular weight excluding hydrogens is 253 g/mol. The Morgan fingerprint density at radius 3 is 2.53 bits per heavy atom. The molecule has 0 radical (unpaired) electrons. The maximum atomic E-state index is 13.5. The number of amides is 1. The van der Waals surface area contributed by atoms with Crippen LogP contribution in [0.1, 0.15) is 30.6 Å². The van der Waals surface area contributed by atoms with E-state index in [1.807, 2.05) is 0 Å². The lowest BCUT2D eigenvalue weighted by atomic mass is 10.2. The van der Waals surface area contributed by atoms with Gasteiger partial charge in [0.15, 0.2) is 6.10 Å². The van der Waals surface area contributed by atoms with Gasteiger partial charge in [-0.15, -0.1) is 0 Å². The molecule has 2 N–H and O–H groups in total. The van der Waals surface area contributed by atoms with Gasteiger partial charge in [-0.1, -0.05) is 6.92 Å². The maximum absolute atomic E-state index is 13.5. The van der Waals surface area contributed by atoms with Crippen molar-refractivity contribution in [2.45, 2.75) is 26.4 Å².